The van der Waals surface area contributed by atoms with Crippen LogP contribution in [0.4, 0.5) is 0 Å². The minimum atomic E-state index is -0.226. The fourth-order valence-corrected chi connectivity index (χ4v) is 0.882. The van der Waals surface area contributed by atoms with E-state index >= 15 is 0 Å². The Morgan fingerprint density at radius 1 is 0.667 bits per heavy atom. The van der Waals surface area contributed by atoms with E-state index in [0.29, 0.717) is 35.7 Å². The summed E-state index contributed by atoms with van der Waals surface area (Å²) in [6, 6.07) is 0. The Balaban J connectivity index is -0.000000260. The first-order valence-electron chi connectivity index (χ1n) is 5.36. The number of nitrogens with zero attached hydrogens (tertiary/aromatic N) is 4. The molecule has 0 rings (SSSR count). The summed E-state index contributed by atoms with van der Waals surface area (Å²) in [4.78, 5) is 0. The van der Waals surface area contributed by atoms with E-state index in [4.69, 9.17) is 40.2 Å². The molecule has 8 nitrogen and oxygen atoms in total. The molecule has 0 radical (unpaired) electrons. The third-order valence-corrected chi connectivity index (χ3v) is 1.71. The molecule has 0 heterocycles. The van der Waals surface area contributed by atoms with Crippen LogP contribution in [0.3, 0.4) is 0 Å². The van der Waals surface area contributed by atoms with Crippen LogP contribution in [0.25, 0.3) is 0 Å². The van der Waals surface area contributed by atoms with Gasteiger partial charge in [-0.3, -0.25) is 0 Å². The van der Waals surface area contributed by atoms with Crippen LogP contribution in [0.1, 0.15) is 40.5 Å². The molecule has 0 spiro atoms. The molecule has 127 valence electrons. The molecule has 0 unspecified atom stereocenters. The molecular formula is C10H20Cl2N4O4Rh. The molecule has 21 heavy (non-hydrogen) atoms. The van der Waals surface area contributed by atoms with Gasteiger partial charge in [0.2, 0.25) is 0 Å². The fraction of sp³-hybridized carbons (Fsp3) is 0.600. The van der Waals surface area contributed by atoms with Gasteiger partial charge in [-0.05, 0) is 27.7 Å². The molecule has 0 aromatic carbocycles. The van der Waals surface area contributed by atoms with Crippen molar-refractivity contribution in [3.63, 3.8) is 0 Å². The van der Waals surface area contributed by atoms with E-state index in [1.165, 1.54) is 0 Å². The summed E-state index contributed by atoms with van der Waals surface area (Å²) in [6.07, 6.45) is 0.819. The second kappa shape index (κ2) is 19.1. The molecule has 4 N–H and O–H groups in total. The number of hydrogen-bond donors (Lipinski definition) is 4. The Labute approximate surface area is 139 Å². The summed E-state index contributed by atoms with van der Waals surface area (Å²) in [6.45, 7) is 6.59. The van der Waals surface area contributed by atoms with Crippen molar-refractivity contribution in [2.75, 3.05) is 0 Å². The van der Waals surface area contributed by atoms with Crippen molar-refractivity contribution in [1.29, 1.82) is 0 Å². The van der Waals surface area contributed by atoms with Gasteiger partial charge in [0.1, 0.15) is 0 Å². The first-order chi connectivity index (χ1) is 9.82. The van der Waals surface area contributed by atoms with Gasteiger partial charge in [-0.25, -0.2) is 0 Å². The van der Waals surface area contributed by atoms with E-state index in [0.717, 1.165) is 0 Å². The van der Waals surface area contributed by atoms with E-state index in [-0.39, 0.29) is 15.1 Å². The third kappa shape index (κ3) is 24.5. The van der Waals surface area contributed by atoms with E-state index in [9.17, 15) is 0 Å². The molecule has 0 aromatic heterocycles. The van der Waals surface area contributed by atoms with E-state index in [1.54, 1.807) is 27.7 Å². The van der Waals surface area contributed by atoms with Crippen molar-refractivity contribution in [3.8, 4) is 0 Å². The summed E-state index contributed by atoms with van der Waals surface area (Å²) in [5.41, 5.74) is 2.13. The van der Waals surface area contributed by atoms with Gasteiger partial charge in [-0.2, -0.15) is 0 Å². The Kier molecular flexibility index (Phi) is 22.8. The van der Waals surface area contributed by atoms with Crippen LogP contribution in [0.5, 0.6) is 0 Å². The zero-order chi connectivity index (χ0) is 17.3. The molecule has 11 heteroatoms. The Hall–Kier alpha value is -0.917. The number of halogens is 2. The van der Waals surface area contributed by atoms with Crippen LogP contribution < -0.4 is 0 Å². The summed E-state index contributed by atoms with van der Waals surface area (Å²) < 4.78 is 0. The second-order valence-electron chi connectivity index (χ2n) is 3.74. The molecule has 0 bridgehead atoms. The van der Waals surface area contributed by atoms with Crippen LogP contribution in [0.2, 0.25) is 0 Å². The third-order valence-electron chi connectivity index (χ3n) is 1.71. The molecule has 0 aliphatic carbocycles. The summed E-state index contributed by atoms with van der Waals surface area (Å²) in [7, 11) is 9.67. The van der Waals surface area contributed by atoms with Gasteiger partial charge < -0.3 is 20.8 Å². The Morgan fingerprint density at radius 3 is 0.905 bits per heavy atom. The Bertz CT molecular complexity index is 310. The number of rotatable bonds is 4. The summed E-state index contributed by atoms with van der Waals surface area (Å²) in [5.74, 6) is 0. The molecule has 0 saturated heterocycles. The van der Waals surface area contributed by atoms with Gasteiger partial charge in [0, 0.05) is 12.8 Å². The normalized spacial score (nSPS) is 13.0. The molecule has 0 saturated carbocycles. The van der Waals surface area contributed by atoms with Crippen LogP contribution >= 0.6 is 19.4 Å². The first-order valence-corrected chi connectivity index (χ1v) is 9.58. The van der Waals surface area contributed by atoms with Gasteiger partial charge in [0.15, 0.2) is 0 Å². The van der Waals surface area contributed by atoms with Crippen molar-refractivity contribution in [2.24, 2.45) is 20.6 Å². The standard InChI is InChI=1S/2C5H10N2O2.2ClH.Rh/c2*1-4(6-8)3-5(2)7-9;;;/h2*8-9H,3H2,1-2H3;2*1H;/q;;;;+2/p-2/b6-4+,7-5?;6-4+,7-5+;;;. The van der Waals surface area contributed by atoms with E-state index in [2.05, 4.69) is 20.6 Å². The predicted molar refractivity (Wildman–Crippen MR) is 80.5 cm³/mol. The fourth-order valence-electron chi connectivity index (χ4n) is 0.882. The average Bonchev–Trinajstić information content (AvgIpc) is 2.47. The van der Waals surface area contributed by atoms with E-state index in [1.807, 2.05) is 0 Å². The molecule has 0 aliphatic rings. The molecule has 0 aliphatic heterocycles. The molecule has 0 amide bonds. The van der Waals surface area contributed by atoms with Crippen LogP contribution in [0.15, 0.2) is 20.6 Å². The second-order valence-corrected chi connectivity index (χ2v) is 6.23. The van der Waals surface area contributed by atoms with Crippen LogP contribution in [-0.2, 0) is 15.1 Å². The predicted octanol–water partition coefficient (Wildman–Crippen LogP) is 3.53. The Morgan fingerprint density at radius 2 is 0.810 bits per heavy atom. The monoisotopic (exact) mass is 433 g/mol. The zero-order valence-corrected chi connectivity index (χ0v) is 15.2. The number of hydrogen-bond acceptors (Lipinski definition) is 8. The van der Waals surface area contributed by atoms with Crippen molar-refractivity contribution in [2.45, 2.75) is 40.5 Å². The molecule has 0 fully saturated rings. The van der Waals surface area contributed by atoms with Gasteiger partial charge in [0.25, 0.3) is 0 Å². The average molecular weight is 434 g/mol. The summed E-state index contributed by atoms with van der Waals surface area (Å²) >= 11 is -0.226. The maximum atomic E-state index is 8.13. The molecular weight excluding hydrogens is 414 g/mol. The van der Waals surface area contributed by atoms with Crippen LogP contribution in [0, 0.1) is 0 Å². The van der Waals surface area contributed by atoms with Crippen LogP contribution in [-0.4, -0.2) is 43.7 Å². The zero-order valence-electron chi connectivity index (χ0n) is 12.1. The van der Waals surface area contributed by atoms with Gasteiger partial charge in [-0.1, -0.05) is 20.6 Å². The van der Waals surface area contributed by atoms with Crippen molar-refractivity contribution >= 4 is 42.2 Å². The molecule has 0 atom stereocenters. The van der Waals surface area contributed by atoms with Crippen molar-refractivity contribution in [1.82, 2.24) is 0 Å². The minimum absolute atomic E-state index is 0.226. The van der Waals surface area contributed by atoms with Gasteiger partial charge in [-0.15, -0.1) is 0 Å². The number of oxime groups is 4. The van der Waals surface area contributed by atoms with Crippen molar-refractivity contribution < 1.29 is 36.0 Å². The topological polar surface area (TPSA) is 130 Å². The summed E-state index contributed by atoms with van der Waals surface area (Å²) in [5, 5.41) is 44.1. The first kappa shape index (κ1) is 25.1. The quantitative estimate of drug-likeness (QED) is 0.233. The van der Waals surface area contributed by atoms with Gasteiger partial charge >= 0.3 is 34.5 Å². The SMILES string of the molecule is C/C(C/C(C)=N/O)=N\O.CC(C/C(C)=N/O)=NO.[Cl][Rh][Cl]. The van der Waals surface area contributed by atoms with Crippen molar-refractivity contribution in [3.05, 3.63) is 0 Å². The maximum absolute atomic E-state index is 8.13. The van der Waals surface area contributed by atoms with E-state index < -0.39 is 0 Å². The molecule has 0 aromatic rings. The van der Waals surface area contributed by atoms with Gasteiger partial charge in [0.05, 0.1) is 22.8 Å².